The number of benzene rings is 1. The second-order valence-corrected chi connectivity index (χ2v) is 3.56. The molecule has 1 aliphatic heterocycles. The van der Waals surface area contributed by atoms with Gasteiger partial charge in [0.1, 0.15) is 5.60 Å². The molecule has 1 fully saturated rings. The van der Waals surface area contributed by atoms with E-state index in [9.17, 15) is 19.6 Å². The van der Waals surface area contributed by atoms with Gasteiger partial charge in [-0.25, -0.2) is 0 Å². The Morgan fingerprint density at radius 3 is 2.67 bits per heavy atom. The molecule has 5 nitrogen and oxygen atoms in total. The van der Waals surface area contributed by atoms with Crippen molar-refractivity contribution in [3.63, 3.8) is 0 Å². The number of nitrogens with zero attached hydrogens (tertiary/aromatic N) is 1. The number of hydrogen-bond acceptors (Lipinski definition) is 4. The van der Waals surface area contributed by atoms with Gasteiger partial charge in [-0.1, -0.05) is 6.07 Å². The molecule has 80 valence electrons. The van der Waals surface area contributed by atoms with Crippen molar-refractivity contribution in [3.8, 4) is 0 Å². The van der Waals surface area contributed by atoms with Crippen molar-refractivity contribution in [2.75, 3.05) is 13.1 Å². The molecule has 0 saturated carbocycles. The summed E-state index contributed by atoms with van der Waals surface area (Å²) in [6.07, 6.45) is 0. The van der Waals surface area contributed by atoms with Crippen molar-refractivity contribution in [1.82, 2.24) is 5.32 Å². The third kappa shape index (κ3) is 1.57. The quantitative estimate of drug-likeness (QED) is 0.553. The van der Waals surface area contributed by atoms with Crippen LogP contribution in [0.25, 0.3) is 0 Å². The van der Waals surface area contributed by atoms with Crippen LogP contribution in [-0.2, 0) is 5.60 Å². The van der Waals surface area contributed by atoms with Crippen LogP contribution in [0.4, 0.5) is 10.1 Å². The van der Waals surface area contributed by atoms with Crippen LogP contribution in [0, 0.1) is 15.9 Å². The lowest BCUT2D eigenvalue weighted by Crippen LogP contribution is -2.56. The molecule has 0 atom stereocenters. The molecule has 15 heavy (non-hydrogen) atoms. The molecule has 0 spiro atoms. The molecule has 1 aromatic carbocycles. The zero-order chi connectivity index (χ0) is 11.1. The lowest BCUT2D eigenvalue weighted by molar-refractivity contribution is -0.387. The van der Waals surface area contributed by atoms with Crippen LogP contribution in [-0.4, -0.2) is 23.1 Å². The number of nitro benzene ring substituents is 1. The van der Waals surface area contributed by atoms with Gasteiger partial charge < -0.3 is 10.4 Å². The van der Waals surface area contributed by atoms with Crippen molar-refractivity contribution >= 4 is 5.69 Å². The molecular formula is C9H9FN2O3. The molecule has 1 heterocycles. The van der Waals surface area contributed by atoms with E-state index < -0.39 is 22.0 Å². The number of nitrogens with one attached hydrogen (secondary N) is 1. The molecule has 0 amide bonds. The molecule has 0 radical (unpaired) electrons. The Labute approximate surface area is 84.7 Å². The monoisotopic (exact) mass is 212 g/mol. The normalized spacial score (nSPS) is 18.3. The predicted molar refractivity (Wildman–Crippen MR) is 49.8 cm³/mol. The summed E-state index contributed by atoms with van der Waals surface area (Å²) >= 11 is 0. The number of hydrogen-bond donors (Lipinski definition) is 2. The lowest BCUT2D eigenvalue weighted by atomic mass is 9.88. The summed E-state index contributed by atoms with van der Waals surface area (Å²) in [5, 5.41) is 23.2. The van der Waals surface area contributed by atoms with Gasteiger partial charge in [0, 0.05) is 19.2 Å². The van der Waals surface area contributed by atoms with E-state index in [0.29, 0.717) is 18.7 Å². The third-order valence-electron chi connectivity index (χ3n) is 2.52. The summed E-state index contributed by atoms with van der Waals surface area (Å²) in [5.41, 5.74) is -1.33. The molecule has 2 rings (SSSR count). The fourth-order valence-electron chi connectivity index (χ4n) is 1.51. The summed E-state index contributed by atoms with van der Waals surface area (Å²) in [5.74, 6) is -0.889. The highest BCUT2D eigenvalue weighted by molar-refractivity contribution is 5.40. The standard InChI is InChI=1S/C9H9FN2O3/c10-7-2-1-6(3-8(7)12(14)15)9(13)4-11-5-9/h1-3,11,13H,4-5H2. The maximum Gasteiger partial charge on any atom is 0.305 e. The second-order valence-electron chi connectivity index (χ2n) is 3.56. The first-order chi connectivity index (χ1) is 7.03. The van der Waals surface area contributed by atoms with E-state index in [4.69, 9.17) is 0 Å². The summed E-state index contributed by atoms with van der Waals surface area (Å²) in [4.78, 5) is 9.68. The van der Waals surface area contributed by atoms with Crippen molar-refractivity contribution in [1.29, 1.82) is 0 Å². The number of β-amino-alcohol motifs (C(OH)–C–C–N with tert-alkyl or cyclic N) is 1. The third-order valence-corrected chi connectivity index (χ3v) is 2.52. The van der Waals surface area contributed by atoms with E-state index in [2.05, 4.69) is 5.32 Å². The van der Waals surface area contributed by atoms with Crippen LogP contribution in [0.3, 0.4) is 0 Å². The molecule has 1 aromatic rings. The molecule has 0 aromatic heterocycles. The average molecular weight is 212 g/mol. The lowest BCUT2D eigenvalue weighted by Gasteiger charge is -2.37. The fraction of sp³-hybridized carbons (Fsp3) is 0.333. The molecule has 0 bridgehead atoms. The Morgan fingerprint density at radius 1 is 1.53 bits per heavy atom. The molecule has 1 aliphatic rings. The van der Waals surface area contributed by atoms with Gasteiger partial charge in [0.2, 0.25) is 5.82 Å². The van der Waals surface area contributed by atoms with Crippen LogP contribution in [0.2, 0.25) is 0 Å². The van der Waals surface area contributed by atoms with Gasteiger partial charge in [-0.15, -0.1) is 0 Å². The highest BCUT2D eigenvalue weighted by Crippen LogP contribution is 2.29. The van der Waals surface area contributed by atoms with Crippen LogP contribution >= 0.6 is 0 Å². The SMILES string of the molecule is O=[N+]([O-])c1cc(C2(O)CNC2)ccc1F. The van der Waals surface area contributed by atoms with Gasteiger partial charge in [-0.3, -0.25) is 10.1 Å². The average Bonchev–Trinajstić information content (AvgIpc) is 2.14. The van der Waals surface area contributed by atoms with Crippen LogP contribution < -0.4 is 5.32 Å². The van der Waals surface area contributed by atoms with Crippen LogP contribution in [0.15, 0.2) is 18.2 Å². The summed E-state index contributed by atoms with van der Waals surface area (Å²) in [6.45, 7) is 0.658. The van der Waals surface area contributed by atoms with Crippen molar-refractivity contribution in [2.45, 2.75) is 5.60 Å². The first kappa shape index (κ1) is 10.0. The fourth-order valence-corrected chi connectivity index (χ4v) is 1.51. The number of nitro groups is 1. The minimum atomic E-state index is -1.10. The Hall–Kier alpha value is -1.53. The molecular weight excluding hydrogens is 203 g/mol. The molecule has 0 unspecified atom stereocenters. The predicted octanol–water partition coefficient (Wildman–Crippen LogP) is 0.525. The smallest absolute Gasteiger partial charge is 0.305 e. The van der Waals surface area contributed by atoms with Gasteiger partial charge in [0.25, 0.3) is 0 Å². The van der Waals surface area contributed by atoms with E-state index >= 15 is 0 Å². The van der Waals surface area contributed by atoms with E-state index in [1.54, 1.807) is 0 Å². The molecule has 1 saturated heterocycles. The Morgan fingerprint density at radius 2 is 2.20 bits per heavy atom. The minimum Gasteiger partial charge on any atom is -0.382 e. The Bertz CT molecular complexity index is 418. The highest BCUT2D eigenvalue weighted by atomic mass is 19.1. The number of aliphatic hydroxyl groups is 1. The van der Waals surface area contributed by atoms with Gasteiger partial charge in [-0.2, -0.15) is 4.39 Å². The van der Waals surface area contributed by atoms with Crippen LogP contribution in [0.1, 0.15) is 5.56 Å². The van der Waals surface area contributed by atoms with Gasteiger partial charge in [0.05, 0.1) is 4.92 Å². The van der Waals surface area contributed by atoms with Gasteiger partial charge in [-0.05, 0) is 11.6 Å². The Balaban J connectivity index is 2.42. The summed E-state index contributed by atoms with van der Waals surface area (Å²) in [6, 6.07) is 3.45. The van der Waals surface area contributed by atoms with Crippen LogP contribution in [0.5, 0.6) is 0 Å². The van der Waals surface area contributed by atoms with Crippen molar-refractivity contribution in [3.05, 3.63) is 39.7 Å². The van der Waals surface area contributed by atoms with Crippen molar-refractivity contribution in [2.24, 2.45) is 0 Å². The van der Waals surface area contributed by atoms with Crippen molar-refractivity contribution < 1.29 is 14.4 Å². The van der Waals surface area contributed by atoms with Gasteiger partial charge >= 0.3 is 5.69 Å². The maximum atomic E-state index is 13.0. The Kier molecular flexibility index (Phi) is 2.17. The van der Waals surface area contributed by atoms with E-state index in [1.807, 2.05) is 0 Å². The minimum absolute atomic E-state index is 0.329. The second kappa shape index (κ2) is 3.25. The molecule has 6 heteroatoms. The van der Waals surface area contributed by atoms with E-state index in [-0.39, 0.29) is 0 Å². The zero-order valence-electron chi connectivity index (χ0n) is 7.74. The molecule has 0 aliphatic carbocycles. The first-order valence-electron chi connectivity index (χ1n) is 4.40. The number of halogens is 1. The summed E-state index contributed by atoms with van der Waals surface area (Å²) in [7, 11) is 0. The highest BCUT2D eigenvalue weighted by Gasteiger charge is 2.37. The van der Waals surface area contributed by atoms with E-state index in [1.165, 1.54) is 6.07 Å². The maximum absolute atomic E-state index is 13.0. The molecule has 2 N–H and O–H groups in total. The van der Waals surface area contributed by atoms with E-state index in [0.717, 1.165) is 12.1 Å². The zero-order valence-corrected chi connectivity index (χ0v) is 7.74. The van der Waals surface area contributed by atoms with Gasteiger partial charge in [0.15, 0.2) is 0 Å². The first-order valence-corrected chi connectivity index (χ1v) is 4.40. The summed E-state index contributed by atoms with van der Waals surface area (Å²) < 4.78 is 13.0. The number of rotatable bonds is 2. The largest absolute Gasteiger partial charge is 0.382 e. The topological polar surface area (TPSA) is 75.4 Å².